The van der Waals surface area contributed by atoms with Crippen LogP contribution >= 0.6 is 0 Å². The van der Waals surface area contributed by atoms with Crippen molar-refractivity contribution >= 4 is 0 Å². The first-order valence-corrected chi connectivity index (χ1v) is 7.90. The highest BCUT2D eigenvalue weighted by Gasteiger charge is 2.32. The summed E-state index contributed by atoms with van der Waals surface area (Å²) in [6, 6.07) is 6.40. The SMILES string of the molecule is CNC(c1cc(OC)ccc1OC)C1CCC(C)(C)CC1. The molecule has 1 saturated carbocycles. The minimum absolute atomic E-state index is 0.325. The molecule has 1 aliphatic rings. The predicted octanol–water partition coefficient (Wildman–Crippen LogP) is 4.18. The summed E-state index contributed by atoms with van der Waals surface area (Å²) in [6.45, 7) is 4.76. The van der Waals surface area contributed by atoms with E-state index in [9.17, 15) is 0 Å². The van der Waals surface area contributed by atoms with Crippen LogP contribution in [0.3, 0.4) is 0 Å². The Morgan fingerprint density at radius 2 is 1.81 bits per heavy atom. The first-order chi connectivity index (χ1) is 10.0. The summed E-state index contributed by atoms with van der Waals surface area (Å²) in [5, 5.41) is 3.51. The second kappa shape index (κ2) is 6.69. The van der Waals surface area contributed by atoms with E-state index in [2.05, 4.69) is 25.2 Å². The van der Waals surface area contributed by atoms with Crippen molar-refractivity contribution in [2.75, 3.05) is 21.3 Å². The molecule has 1 unspecified atom stereocenters. The number of hydrogen-bond acceptors (Lipinski definition) is 3. The maximum Gasteiger partial charge on any atom is 0.123 e. The van der Waals surface area contributed by atoms with Gasteiger partial charge in [0.05, 0.1) is 14.2 Å². The normalized spacial score (nSPS) is 20.0. The number of benzene rings is 1. The van der Waals surface area contributed by atoms with Gasteiger partial charge in [-0.15, -0.1) is 0 Å². The first kappa shape index (κ1) is 16.2. The highest BCUT2D eigenvalue weighted by atomic mass is 16.5. The Bertz CT molecular complexity index is 460. The molecule has 1 aliphatic carbocycles. The third-order valence-corrected chi connectivity index (χ3v) is 4.94. The van der Waals surface area contributed by atoms with Crippen LogP contribution < -0.4 is 14.8 Å². The van der Waals surface area contributed by atoms with Gasteiger partial charge in [0.1, 0.15) is 11.5 Å². The zero-order chi connectivity index (χ0) is 15.5. The zero-order valence-electron chi connectivity index (χ0n) is 14.0. The maximum atomic E-state index is 5.56. The van der Waals surface area contributed by atoms with Crippen molar-refractivity contribution in [3.05, 3.63) is 23.8 Å². The molecule has 2 rings (SSSR count). The number of ether oxygens (including phenoxy) is 2. The zero-order valence-corrected chi connectivity index (χ0v) is 14.0. The summed E-state index contributed by atoms with van der Waals surface area (Å²) in [5.74, 6) is 2.49. The Kier molecular flexibility index (Phi) is 5.15. The van der Waals surface area contributed by atoms with E-state index < -0.39 is 0 Å². The molecule has 0 saturated heterocycles. The lowest BCUT2D eigenvalue weighted by Gasteiger charge is -2.38. The van der Waals surface area contributed by atoms with E-state index in [0.717, 1.165) is 11.5 Å². The van der Waals surface area contributed by atoms with Gasteiger partial charge < -0.3 is 14.8 Å². The van der Waals surface area contributed by atoms with Crippen LogP contribution in [0.15, 0.2) is 18.2 Å². The Hall–Kier alpha value is -1.22. The van der Waals surface area contributed by atoms with Crippen molar-refractivity contribution in [1.82, 2.24) is 5.32 Å². The second-order valence-electron chi connectivity index (χ2n) is 6.88. The summed E-state index contributed by atoms with van der Waals surface area (Å²) >= 11 is 0. The van der Waals surface area contributed by atoms with Crippen molar-refractivity contribution in [1.29, 1.82) is 0 Å². The fraction of sp³-hybridized carbons (Fsp3) is 0.667. The molecule has 21 heavy (non-hydrogen) atoms. The van der Waals surface area contributed by atoms with E-state index in [4.69, 9.17) is 9.47 Å². The van der Waals surface area contributed by atoms with Crippen LogP contribution in [0.1, 0.15) is 51.1 Å². The molecule has 118 valence electrons. The molecule has 0 bridgehead atoms. The monoisotopic (exact) mass is 291 g/mol. The minimum atomic E-state index is 0.325. The first-order valence-electron chi connectivity index (χ1n) is 7.90. The standard InChI is InChI=1S/C18H29NO2/c1-18(2)10-8-13(9-11-18)17(19-3)15-12-14(20-4)6-7-16(15)21-5/h6-7,12-13,17,19H,8-11H2,1-5H3. The van der Waals surface area contributed by atoms with Gasteiger partial charge in [-0.2, -0.15) is 0 Å². The molecular weight excluding hydrogens is 262 g/mol. The Morgan fingerprint density at radius 3 is 2.33 bits per heavy atom. The molecule has 1 N–H and O–H groups in total. The lowest BCUT2D eigenvalue weighted by atomic mass is 9.70. The molecule has 1 aromatic rings. The summed E-state index contributed by atoms with van der Waals surface area (Å²) in [5.41, 5.74) is 1.71. The minimum Gasteiger partial charge on any atom is -0.497 e. The molecule has 3 heteroatoms. The van der Waals surface area contributed by atoms with Crippen LogP contribution in [0.2, 0.25) is 0 Å². The molecule has 0 radical (unpaired) electrons. The van der Waals surface area contributed by atoms with Gasteiger partial charge in [-0.25, -0.2) is 0 Å². The van der Waals surface area contributed by atoms with Crippen LogP contribution in [0.5, 0.6) is 11.5 Å². The quantitative estimate of drug-likeness (QED) is 0.882. The van der Waals surface area contributed by atoms with Gasteiger partial charge in [0, 0.05) is 11.6 Å². The van der Waals surface area contributed by atoms with Crippen LogP contribution in [0, 0.1) is 11.3 Å². The molecule has 0 aromatic heterocycles. The molecule has 1 fully saturated rings. The summed E-state index contributed by atoms with van der Waals surface area (Å²) in [7, 11) is 5.49. The van der Waals surface area contributed by atoms with E-state index in [1.165, 1.54) is 31.2 Å². The maximum absolute atomic E-state index is 5.56. The van der Waals surface area contributed by atoms with Crippen LogP contribution in [0.4, 0.5) is 0 Å². The largest absolute Gasteiger partial charge is 0.497 e. The van der Waals surface area contributed by atoms with Gasteiger partial charge in [0.25, 0.3) is 0 Å². The lowest BCUT2D eigenvalue weighted by Crippen LogP contribution is -2.31. The van der Waals surface area contributed by atoms with Gasteiger partial charge in [-0.1, -0.05) is 13.8 Å². The highest BCUT2D eigenvalue weighted by Crippen LogP contribution is 2.44. The van der Waals surface area contributed by atoms with Gasteiger partial charge in [-0.05, 0) is 62.3 Å². The molecule has 0 aliphatic heterocycles. The topological polar surface area (TPSA) is 30.5 Å². The van der Waals surface area contributed by atoms with Crippen molar-refractivity contribution in [3.63, 3.8) is 0 Å². The Morgan fingerprint density at radius 1 is 1.14 bits per heavy atom. The van der Waals surface area contributed by atoms with Crippen LogP contribution in [0.25, 0.3) is 0 Å². The van der Waals surface area contributed by atoms with Gasteiger partial charge >= 0.3 is 0 Å². The van der Waals surface area contributed by atoms with Crippen molar-refractivity contribution in [2.24, 2.45) is 11.3 Å². The molecular formula is C18H29NO2. The predicted molar refractivity (Wildman–Crippen MR) is 87.1 cm³/mol. The van der Waals surface area contributed by atoms with E-state index in [0.29, 0.717) is 17.4 Å². The van der Waals surface area contributed by atoms with E-state index in [1.54, 1.807) is 14.2 Å². The van der Waals surface area contributed by atoms with Gasteiger partial charge in [-0.3, -0.25) is 0 Å². The fourth-order valence-corrected chi connectivity index (χ4v) is 3.48. The third-order valence-electron chi connectivity index (χ3n) is 4.94. The van der Waals surface area contributed by atoms with E-state index in [1.807, 2.05) is 19.2 Å². The number of hydrogen-bond donors (Lipinski definition) is 1. The van der Waals surface area contributed by atoms with Gasteiger partial charge in [0.15, 0.2) is 0 Å². The lowest BCUT2D eigenvalue weighted by molar-refractivity contribution is 0.163. The summed E-state index contributed by atoms with van der Waals surface area (Å²) in [6.07, 6.45) is 5.11. The van der Waals surface area contributed by atoms with Crippen molar-refractivity contribution in [2.45, 2.75) is 45.6 Å². The average molecular weight is 291 g/mol. The summed E-state index contributed by atoms with van der Waals surface area (Å²) in [4.78, 5) is 0. The fourth-order valence-electron chi connectivity index (χ4n) is 3.48. The molecule has 0 amide bonds. The summed E-state index contributed by atoms with van der Waals surface area (Å²) < 4.78 is 10.9. The number of nitrogens with one attached hydrogen (secondary N) is 1. The van der Waals surface area contributed by atoms with E-state index in [-0.39, 0.29) is 0 Å². The highest BCUT2D eigenvalue weighted by molar-refractivity contribution is 5.42. The van der Waals surface area contributed by atoms with E-state index >= 15 is 0 Å². The third kappa shape index (κ3) is 3.70. The number of methoxy groups -OCH3 is 2. The Labute approximate surface area is 129 Å². The smallest absolute Gasteiger partial charge is 0.123 e. The number of rotatable bonds is 5. The van der Waals surface area contributed by atoms with Crippen molar-refractivity contribution in [3.8, 4) is 11.5 Å². The molecule has 1 atom stereocenters. The van der Waals surface area contributed by atoms with Gasteiger partial charge in [0.2, 0.25) is 0 Å². The van der Waals surface area contributed by atoms with Crippen LogP contribution in [-0.2, 0) is 0 Å². The Balaban J connectivity index is 2.24. The second-order valence-corrected chi connectivity index (χ2v) is 6.88. The molecule has 0 spiro atoms. The molecule has 3 nitrogen and oxygen atoms in total. The average Bonchev–Trinajstić information content (AvgIpc) is 2.49. The van der Waals surface area contributed by atoms with Crippen LogP contribution in [-0.4, -0.2) is 21.3 Å². The molecule has 0 heterocycles. The molecule has 1 aromatic carbocycles. The van der Waals surface area contributed by atoms with Crippen molar-refractivity contribution < 1.29 is 9.47 Å².